The lowest BCUT2D eigenvalue weighted by atomic mass is 9.94. The summed E-state index contributed by atoms with van der Waals surface area (Å²) in [4.78, 5) is 24.2. The summed E-state index contributed by atoms with van der Waals surface area (Å²) in [6, 6.07) is 8.36. The van der Waals surface area contributed by atoms with Crippen LogP contribution in [0, 0.1) is 0 Å². The van der Waals surface area contributed by atoms with Gasteiger partial charge in [0, 0.05) is 20.2 Å². The Morgan fingerprint density at radius 3 is 2.50 bits per heavy atom. The van der Waals surface area contributed by atoms with Crippen LogP contribution in [0.5, 0.6) is 0 Å². The van der Waals surface area contributed by atoms with E-state index in [1.807, 2.05) is 7.05 Å². The summed E-state index contributed by atoms with van der Waals surface area (Å²) in [7, 11) is 3.65. The molecule has 8 heteroatoms. The molecule has 0 radical (unpaired) electrons. The minimum absolute atomic E-state index is 0.0380. The van der Waals surface area contributed by atoms with E-state index in [-0.39, 0.29) is 18.6 Å². The Kier molecular flexibility index (Phi) is 16.5. The van der Waals surface area contributed by atoms with Crippen LogP contribution in [0.3, 0.4) is 0 Å². The van der Waals surface area contributed by atoms with Crippen molar-refractivity contribution in [1.82, 2.24) is 10.2 Å². The summed E-state index contributed by atoms with van der Waals surface area (Å²) < 4.78 is 14.6. The van der Waals surface area contributed by atoms with Crippen molar-refractivity contribution in [3.8, 4) is 0 Å². The largest absolute Gasteiger partial charge is 0.382 e. The maximum absolute atomic E-state index is 12.3. The highest BCUT2D eigenvalue weighted by Crippen LogP contribution is 2.21. The number of nitrogens with zero attached hydrogens (tertiary/aromatic N) is 1. The molecule has 1 heterocycles. The molecule has 182 valence electrons. The summed E-state index contributed by atoms with van der Waals surface area (Å²) in [6.45, 7) is 4.67. The third-order valence-electron chi connectivity index (χ3n) is 5.21. The van der Waals surface area contributed by atoms with Gasteiger partial charge in [-0.25, -0.2) is 0 Å². The Morgan fingerprint density at radius 1 is 1.09 bits per heavy atom. The van der Waals surface area contributed by atoms with Crippen LogP contribution in [0.1, 0.15) is 36.8 Å². The Morgan fingerprint density at radius 2 is 1.78 bits per heavy atom. The zero-order valence-corrected chi connectivity index (χ0v) is 19.7. The number of aldehydes is 1. The van der Waals surface area contributed by atoms with E-state index in [4.69, 9.17) is 19.9 Å². The minimum Gasteiger partial charge on any atom is -0.382 e. The Balaban J connectivity index is 0.000000396. The molecule has 0 bridgehead atoms. The van der Waals surface area contributed by atoms with Crippen LogP contribution in [0.2, 0.25) is 0 Å². The van der Waals surface area contributed by atoms with E-state index in [0.29, 0.717) is 26.4 Å². The van der Waals surface area contributed by atoms with Crippen molar-refractivity contribution >= 4 is 12.2 Å². The molecule has 1 aliphatic heterocycles. The van der Waals surface area contributed by atoms with Gasteiger partial charge in [0.15, 0.2) is 0 Å². The normalized spacial score (nSPS) is 15.4. The molecule has 0 saturated carbocycles. The van der Waals surface area contributed by atoms with Crippen LogP contribution in [0.4, 0.5) is 0 Å². The van der Waals surface area contributed by atoms with Gasteiger partial charge in [-0.2, -0.15) is 0 Å². The molecule has 1 unspecified atom stereocenters. The molecule has 1 atom stereocenters. The average molecular weight is 452 g/mol. The van der Waals surface area contributed by atoms with Crippen molar-refractivity contribution in [2.45, 2.75) is 44.7 Å². The zero-order chi connectivity index (χ0) is 23.4. The summed E-state index contributed by atoms with van der Waals surface area (Å²) in [6.07, 6.45) is 5.94. The number of ether oxygens (including phenoxy) is 3. The smallest absolute Gasteiger partial charge is 0.237 e. The number of nitrogens with one attached hydrogen (secondary N) is 1. The van der Waals surface area contributed by atoms with Gasteiger partial charge in [-0.05, 0) is 44.0 Å². The quantitative estimate of drug-likeness (QED) is 0.308. The van der Waals surface area contributed by atoms with Gasteiger partial charge in [-0.1, -0.05) is 37.1 Å². The SMILES string of the molecule is CN1Cc2ccccc2CC1C(=O)NCCCCCCN.COCCOCCOCC=O. The summed E-state index contributed by atoms with van der Waals surface area (Å²) >= 11 is 0. The van der Waals surface area contributed by atoms with Crippen molar-refractivity contribution in [3.05, 3.63) is 35.4 Å². The van der Waals surface area contributed by atoms with Crippen molar-refractivity contribution in [3.63, 3.8) is 0 Å². The van der Waals surface area contributed by atoms with E-state index in [1.165, 1.54) is 11.1 Å². The number of carbonyl (C=O) groups is 2. The number of hydrogen-bond donors (Lipinski definition) is 2. The van der Waals surface area contributed by atoms with Gasteiger partial charge in [0.05, 0.1) is 32.5 Å². The van der Waals surface area contributed by atoms with Crippen molar-refractivity contribution in [1.29, 1.82) is 0 Å². The lowest BCUT2D eigenvalue weighted by molar-refractivity contribution is -0.126. The predicted octanol–water partition coefficient (Wildman–Crippen LogP) is 1.54. The second-order valence-electron chi connectivity index (χ2n) is 7.74. The molecule has 0 saturated heterocycles. The molecular weight excluding hydrogens is 410 g/mol. The van der Waals surface area contributed by atoms with E-state index in [2.05, 4.69) is 34.5 Å². The first kappa shape index (κ1) is 28.2. The van der Waals surface area contributed by atoms with E-state index in [1.54, 1.807) is 7.11 Å². The maximum atomic E-state index is 12.3. The first-order valence-electron chi connectivity index (χ1n) is 11.5. The molecule has 1 aliphatic rings. The third-order valence-corrected chi connectivity index (χ3v) is 5.21. The molecule has 0 spiro atoms. The number of hydrogen-bond acceptors (Lipinski definition) is 7. The number of methoxy groups -OCH3 is 1. The summed E-state index contributed by atoms with van der Waals surface area (Å²) in [5.74, 6) is 0.158. The fourth-order valence-corrected chi connectivity index (χ4v) is 3.39. The van der Waals surface area contributed by atoms with Gasteiger partial charge in [0.2, 0.25) is 5.91 Å². The lowest BCUT2D eigenvalue weighted by Gasteiger charge is -2.33. The number of unbranched alkanes of at least 4 members (excludes halogenated alkanes) is 3. The third kappa shape index (κ3) is 12.3. The first-order valence-corrected chi connectivity index (χ1v) is 11.5. The molecule has 8 nitrogen and oxygen atoms in total. The lowest BCUT2D eigenvalue weighted by Crippen LogP contribution is -2.48. The van der Waals surface area contributed by atoms with Crippen molar-refractivity contribution in [2.75, 3.05) is 60.3 Å². The van der Waals surface area contributed by atoms with E-state index in [9.17, 15) is 9.59 Å². The number of fused-ring (bicyclic) bond motifs is 1. The Hall–Kier alpha value is -1.84. The molecule has 1 aromatic rings. The number of amides is 1. The zero-order valence-electron chi connectivity index (χ0n) is 19.7. The maximum Gasteiger partial charge on any atom is 0.237 e. The Labute approximate surface area is 192 Å². The summed E-state index contributed by atoms with van der Waals surface area (Å²) in [5, 5.41) is 3.08. The number of likely N-dealkylation sites (N-methyl/N-ethyl adjacent to an activating group) is 1. The van der Waals surface area contributed by atoms with Crippen molar-refractivity contribution in [2.24, 2.45) is 5.73 Å². The summed E-state index contributed by atoms with van der Waals surface area (Å²) in [5.41, 5.74) is 8.11. The molecule has 0 aromatic heterocycles. The fraction of sp³-hybridized carbons (Fsp3) is 0.667. The fourth-order valence-electron chi connectivity index (χ4n) is 3.39. The number of nitrogens with two attached hydrogens (primary N) is 1. The average Bonchev–Trinajstić information content (AvgIpc) is 2.80. The Bertz CT molecular complexity index is 629. The first-order chi connectivity index (χ1) is 15.6. The minimum atomic E-state index is -0.0380. The van der Waals surface area contributed by atoms with Crippen LogP contribution in [0.15, 0.2) is 24.3 Å². The van der Waals surface area contributed by atoms with Crippen molar-refractivity contribution < 1.29 is 23.8 Å². The van der Waals surface area contributed by atoms with E-state index >= 15 is 0 Å². The predicted molar refractivity (Wildman–Crippen MR) is 126 cm³/mol. The highest BCUT2D eigenvalue weighted by Gasteiger charge is 2.28. The number of carbonyl (C=O) groups excluding carboxylic acids is 2. The van der Waals surface area contributed by atoms with Gasteiger partial charge in [-0.3, -0.25) is 9.69 Å². The molecule has 2 rings (SSSR count). The molecule has 1 amide bonds. The van der Waals surface area contributed by atoms with Crippen LogP contribution in [-0.4, -0.2) is 83.4 Å². The number of rotatable bonds is 15. The standard InChI is InChI=1S/C17H27N3O.C7H14O4/c1-20-13-15-9-5-4-8-14(15)12-16(20)17(21)19-11-7-3-2-6-10-18;1-9-4-5-11-7-6-10-3-2-8/h4-5,8-9,16H,2-3,6-7,10-13,18H2,1H3,(H,19,21);2H,3-7H2,1H3. The second kappa shape index (κ2) is 18.7. The van der Waals surface area contributed by atoms with Crippen LogP contribution in [-0.2, 0) is 36.8 Å². The highest BCUT2D eigenvalue weighted by atomic mass is 16.5. The molecule has 0 aliphatic carbocycles. The molecule has 0 fully saturated rings. The topological polar surface area (TPSA) is 103 Å². The van der Waals surface area contributed by atoms with E-state index < -0.39 is 0 Å². The molecular formula is C24H41N3O5. The van der Waals surface area contributed by atoms with Gasteiger partial charge in [0.25, 0.3) is 0 Å². The van der Waals surface area contributed by atoms with Gasteiger partial charge >= 0.3 is 0 Å². The molecule has 1 aromatic carbocycles. The van der Waals surface area contributed by atoms with E-state index in [0.717, 1.165) is 58.0 Å². The second-order valence-corrected chi connectivity index (χ2v) is 7.74. The van der Waals surface area contributed by atoms with Crippen LogP contribution < -0.4 is 11.1 Å². The highest BCUT2D eigenvalue weighted by molar-refractivity contribution is 5.82. The van der Waals surface area contributed by atoms with Crippen LogP contribution >= 0.6 is 0 Å². The molecule has 3 N–H and O–H groups in total. The monoisotopic (exact) mass is 451 g/mol. The van der Waals surface area contributed by atoms with Crippen LogP contribution in [0.25, 0.3) is 0 Å². The van der Waals surface area contributed by atoms with Gasteiger partial charge in [0.1, 0.15) is 12.9 Å². The van der Waals surface area contributed by atoms with Gasteiger partial charge in [-0.15, -0.1) is 0 Å². The molecule has 32 heavy (non-hydrogen) atoms. The number of benzene rings is 1. The van der Waals surface area contributed by atoms with Gasteiger partial charge < -0.3 is 30.1 Å².